The molecule has 2 aromatic carbocycles. The van der Waals surface area contributed by atoms with Crippen LogP contribution in [-0.2, 0) is 0 Å². The lowest BCUT2D eigenvalue weighted by Gasteiger charge is -2.04. The molecule has 0 N–H and O–H groups in total. The van der Waals surface area contributed by atoms with Gasteiger partial charge in [0.1, 0.15) is 17.7 Å². The average molecular weight is 230 g/mol. The zero-order chi connectivity index (χ0) is 12.3. The Morgan fingerprint density at radius 3 is 2.88 bits per heavy atom. The number of fused-ring (bicyclic) bond motifs is 1. The fourth-order valence-electron chi connectivity index (χ4n) is 1.56. The molecule has 17 heavy (non-hydrogen) atoms. The van der Waals surface area contributed by atoms with Gasteiger partial charge >= 0.3 is 0 Å². The Morgan fingerprint density at radius 2 is 2.12 bits per heavy atom. The summed E-state index contributed by atoms with van der Waals surface area (Å²) in [6, 6.07) is 8.63. The number of terminal acetylenes is 1. The van der Waals surface area contributed by atoms with Gasteiger partial charge < -0.3 is 4.74 Å². The quantitative estimate of drug-likeness (QED) is 0.673. The third-order valence-corrected chi connectivity index (χ3v) is 2.41. The highest BCUT2D eigenvalue weighted by Gasteiger charge is 2.04. The minimum atomic E-state index is -0.205. The van der Waals surface area contributed by atoms with Gasteiger partial charge in [0.2, 0.25) is 0 Å². The monoisotopic (exact) mass is 230 g/mol. The molecule has 0 saturated carbocycles. The summed E-state index contributed by atoms with van der Waals surface area (Å²) in [4.78, 5) is 0. The molecule has 0 aromatic heterocycles. The summed E-state index contributed by atoms with van der Waals surface area (Å²) in [6.45, 7) is 1.73. The molecule has 0 bridgehead atoms. The van der Waals surface area contributed by atoms with E-state index in [-0.39, 0.29) is 10.1 Å². The molecule has 0 unspecified atom stereocenters. The van der Waals surface area contributed by atoms with Crippen molar-refractivity contribution in [3.63, 3.8) is 0 Å². The zero-order valence-corrected chi connectivity index (χ0v) is 9.25. The standard InChI is InChI=1S/C15H9FO.3H2/c1-3-4-9-17-13-7-8-14-12(10-13)6-5-11(2)15(14)16;;;/h1,5-8,10H,2H3;3*1H. The predicted octanol–water partition coefficient (Wildman–Crippen LogP) is 4.00. The Hall–Kier alpha value is -2.45. The Kier molecular flexibility index (Phi) is 2.99. The number of aryl methyl sites for hydroxylation is 1. The molecule has 2 heteroatoms. The van der Waals surface area contributed by atoms with Crippen LogP contribution in [0.2, 0.25) is 0 Å². The minimum Gasteiger partial charge on any atom is -0.407 e. The van der Waals surface area contributed by atoms with Crippen LogP contribution in [0.1, 0.15) is 9.84 Å². The van der Waals surface area contributed by atoms with E-state index in [2.05, 4.69) is 17.9 Å². The highest BCUT2D eigenvalue weighted by Crippen LogP contribution is 2.24. The molecule has 2 aromatic rings. The van der Waals surface area contributed by atoms with Gasteiger partial charge in [0.05, 0.1) is 0 Å². The van der Waals surface area contributed by atoms with Crippen LogP contribution in [0.4, 0.5) is 4.39 Å². The van der Waals surface area contributed by atoms with Crippen LogP contribution in [0.3, 0.4) is 0 Å². The van der Waals surface area contributed by atoms with Gasteiger partial charge in [0, 0.05) is 15.6 Å². The second kappa shape index (κ2) is 4.60. The predicted molar refractivity (Wildman–Crippen MR) is 72.2 cm³/mol. The second-order valence-corrected chi connectivity index (χ2v) is 3.55. The molecule has 0 spiro atoms. The molecule has 0 atom stereocenters. The van der Waals surface area contributed by atoms with Crippen molar-refractivity contribution in [3.8, 4) is 30.1 Å². The number of hydrogen-bond donors (Lipinski definition) is 0. The van der Waals surface area contributed by atoms with E-state index in [0.717, 1.165) is 5.39 Å². The first-order valence-corrected chi connectivity index (χ1v) is 5.03. The van der Waals surface area contributed by atoms with E-state index >= 15 is 0 Å². The Morgan fingerprint density at radius 1 is 1.29 bits per heavy atom. The summed E-state index contributed by atoms with van der Waals surface area (Å²) in [6.07, 6.45) is 7.33. The minimum absolute atomic E-state index is 0. The van der Waals surface area contributed by atoms with Crippen molar-refractivity contribution in [2.24, 2.45) is 0 Å². The van der Waals surface area contributed by atoms with Crippen molar-refractivity contribution >= 4 is 10.8 Å². The van der Waals surface area contributed by atoms with E-state index in [0.29, 0.717) is 16.7 Å². The Labute approximate surface area is 104 Å². The van der Waals surface area contributed by atoms with Crippen LogP contribution >= 0.6 is 0 Å². The lowest BCUT2D eigenvalue weighted by atomic mass is 10.1. The maximum absolute atomic E-state index is 13.7. The van der Waals surface area contributed by atoms with Crippen LogP contribution in [0.5, 0.6) is 5.75 Å². The largest absolute Gasteiger partial charge is 0.407 e. The van der Waals surface area contributed by atoms with Gasteiger partial charge in [0.25, 0.3) is 0 Å². The highest BCUT2D eigenvalue weighted by molar-refractivity contribution is 5.85. The molecule has 0 aliphatic heterocycles. The van der Waals surface area contributed by atoms with Crippen molar-refractivity contribution < 1.29 is 13.4 Å². The molecule has 0 saturated heterocycles. The van der Waals surface area contributed by atoms with Crippen molar-refractivity contribution in [3.05, 3.63) is 41.7 Å². The third-order valence-electron chi connectivity index (χ3n) is 2.41. The van der Waals surface area contributed by atoms with Crippen LogP contribution in [0, 0.1) is 37.1 Å². The van der Waals surface area contributed by atoms with Crippen LogP contribution in [0.25, 0.3) is 10.8 Å². The van der Waals surface area contributed by atoms with Crippen LogP contribution in [0.15, 0.2) is 30.3 Å². The molecule has 0 radical (unpaired) electrons. The average Bonchev–Trinajstić information content (AvgIpc) is 2.34. The number of halogens is 1. The molecule has 0 aliphatic carbocycles. The first-order valence-electron chi connectivity index (χ1n) is 5.03. The fraction of sp³-hybridized carbons (Fsp3) is 0.0667. The van der Waals surface area contributed by atoms with Crippen molar-refractivity contribution in [2.75, 3.05) is 0 Å². The number of ether oxygens (including phenoxy) is 1. The summed E-state index contributed by atoms with van der Waals surface area (Å²) < 4.78 is 18.8. The summed E-state index contributed by atoms with van der Waals surface area (Å²) >= 11 is 0. The van der Waals surface area contributed by atoms with Gasteiger partial charge in [-0.2, -0.15) is 0 Å². The summed E-state index contributed by atoms with van der Waals surface area (Å²) in [5, 5.41) is 1.34. The molecule has 0 amide bonds. The molecule has 0 heterocycles. The Bertz CT molecular complexity index is 681. The van der Waals surface area contributed by atoms with Gasteiger partial charge in [-0.25, -0.2) is 4.39 Å². The maximum Gasteiger partial charge on any atom is 0.140 e. The van der Waals surface area contributed by atoms with Gasteiger partial charge in [-0.3, -0.25) is 0 Å². The summed E-state index contributed by atoms with van der Waals surface area (Å²) in [7, 11) is 0. The van der Waals surface area contributed by atoms with Gasteiger partial charge in [-0.05, 0) is 42.0 Å². The van der Waals surface area contributed by atoms with Crippen molar-refractivity contribution in [1.29, 1.82) is 0 Å². The molecule has 0 aliphatic rings. The van der Waals surface area contributed by atoms with Crippen molar-refractivity contribution in [2.45, 2.75) is 6.92 Å². The molecule has 1 nitrogen and oxygen atoms in total. The van der Waals surface area contributed by atoms with E-state index in [1.807, 2.05) is 6.07 Å². The molecule has 0 fully saturated rings. The topological polar surface area (TPSA) is 9.23 Å². The zero-order valence-electron chi connectivity index (χ0n) is 9.25. The van der Waals surface area contributed by atoms with Gasteiger partial charge in [0.15, 0.2) is 0 Å². The summed E-state index contributed by atoms with van der Waals surface area (Å²) in [5.74, 6) is 4.83. The van der Waals surface area contributed by atoms with E-state index < -0.39 is 0 Å². The van der Waals surface area contributed by atoms with E-state index in [9.17, 15) is 4.39 Å². The highest BCUT2D eigenvalue weighted by atomic mass is 19.1. The summed E-state index contributed by atoms with van der Waals surface area (Å²) in [5.41, 5.74) is 0.623. The van der Waals surface area contributed by atoms with E-state index in [1.54, 1.807) is 31.2 Å². The lowest BCUT2D eigenvalue weighted by molar-refractivity contribution is 0.521. The van der Waals surface area contributed by atoms with E-state index in [1.165, 1.54) is 0 Å². The van der Waals surface area contributed by atoms with Gasteiger partial charge in [-0.1, -0.05) is 12.1 Å². The smallest absolute Gasteiger partial charge is 0.140 e. The SMILES string of the molecule is C#CC#COc1ccc2c(F)c(C)ccc2c1.[HH].[HH].[HH]. The normalized spacial score (nSPS) is 9.24. The number of hydrogen-bond acceptors (Lipinski definition) is 1. The lowest BCUT2D eigenvalue weighted by Crippen LogP contribution is -1.87. The molecule has 88 valence electrons. The first kappa shape index (κ1) is 11.0. The van der Waals surface area contributed by atoms with E-state index in [4.69, 9.17) is 11.2 Å². The number of rotatable bonds is 1. The second-order valence-electron chi connectivity index (χ2n) is 3.55. The molecule has 2 rings (SSSR count). The fourth-order valence-corrected chi connectivity index (χ4v) is 1.56. The molecular weight excluding hydrogens is 215 g/mol. The Balaban J connectivity index is 0. The molecular formula is C15H15FO. The van der Waals surface area contributed by atoms with Crippen LogP contribution in [-0.4, -0.2) is 0 Å². The van der Waals surface area contributed by atoms with Crippen molar-refractivity contribution in [1.82, 2.24) is 0 Å². The maximum atomic E-state index is 13.7. The first-order chi connectivity index (χ1) is 8.22. The van der Waals surface area contributed by atoms with Crippen LogP contribution < -0.4 is 4.74 Å². The number of benzene rings is 2. The third kappa shape index (κ3) is 2.22. The van der Waals surface area contributed by atoms with Gasteiger partial charge in [-0.15, -0.1) is 6.42 Å².